The molecule has 0 saturated carbocycles. The maximum Gasteiger partial charge on any atom is 0.412 e. The Balaban J connectivity index is 1.84. The van der Waals surface area contributed by atoms with Crippen LogP contribution >= 0.6 is 15.5 Å². The van der Waals surface area contributed by atoms with E-state index in [1.165, 1.54) is 6.07 Å². The molecule has 0 radical (unpaired) electrons. The van der Waals surface area contributed by atoms with Gasteiger partial charge in [0.2, 0.25) is 0 Å². The molecule has 0 spiro atoms. The van der Waals surface area contributed by atoms with Gasteiger partial charge >= 0.3 is 15.5 Å². The number of nitrogens with one attached hydrogen (secondary N) is 3. The van der Waals surface area contributed by atoms with E-state index >= 15 is 0 Å². The summed E-state index contributed by atoms with van der Waals surface area (Å²) in [5, 5.41) is 19.6. The van der Waals surface area contributed by atoms with Crippen LogP contribution in [-0.4, -0.2) is 66.8 Å². The van der Waals surface area contributed by atoms with Gasteiger partial charge in [0.25, 0.3) is 11.6 Å². The quantitative estimate of drug-likeness (QED) is 0.0730. The zero-order valence-corrected chi connectivity index (χ0v) is 18.2. The largest absolute Gasteiger partial charge is 0.412 e. The van der Waals surface area contributed by atoms with E-state index < -0.39 is 50.9 Å². The van der Waals surface area contributed by atoms with Crippen LogP contribution in [0.15, 0.2) is 23.3 Å². The van der Waals surface area contributed by atoms with Crippen molar-refractivity contribution in [2.75, 3.05) is 19.6 Å². The number of nitrogens with zero attached hydrogens (tertiary/aromatic N) is 3. The number of carbonyl (C=O) groups is 1. The van der Waals surface area contributed by atoms with Crippen LogP contribution in [0.3, 0.4) is 0 Å². The average molecular weight is 496 g/mol. The van der Waals surface area contributed by atoms with Crippen molar-refractivity contribution in [1.29, 1.82) is 5.53 Å². The van der Waals surface area contributed by atoms with Gasteiger partial charge in [0.05, 0.1) is 16.7 Å². The third kappa shape index (κ3) is 7.20. The summed E-state index contributed by atoms with van der Waals surface area (Å²) in [4.78, 5) is 59.1. The van der Waals surface area contributed by atoms with Crippen molar-refractivity contribution in [3.05, 3.63) is 33.9 Å². The summed E-state index contributed by atoms with van der Waals surface area (Å²) in [5.74, 6) is -0.742. The first-order valence-corrected chi connectivity index (χ1v) is 12.2. The van der Waals surface area contributed by atoms with Gasteiger partial charge in [-0.3, -0.25) is 20.2 Å². The van der Waals surface area contributed by atoms with Crippen LogP contribution in [-0.2, 0) is 13.9 Å². The summed E-state index contributed by atoms with van der Waals surface area (Å²) in [6, 6.07) is 3.43. The Bertz CT molecular complexity index is 943. The van der Waals surface area contributed by atoms with Gasteiger partial charge in [0.1, 0.15) is 11.8 Å². The molecule has 1 saturated heterocycles. The fourth-order valence-corrected chi connectivity index (χ4v) is 4.98. The third-order valence-electron chi connectivity index (χ3n) is 4.41. The fraction of sp³-hybridized carbons (Fsp3) is 0.500. The van der Waals surface area contributed by atoms with Crippen LogP contribution in [0.4, 0.5) is 11.4 Å². The second-order valence-corrected chi connectivity index (χ2v) is 10.0. The number of hydrogen-bond donors (Lipinski definition) is 7. The van der Waals surface area contributed by atoms with Gasteiger partial charge in [-0.15, -0.1) is 4.44 Å². The molecule has 2 unspecified atom stereocenters. The van der Waals surface area contributed by atoms with Gasteiger partial charge in [-0.25, -0.2) is 14.7 Å². The van der Waals surface area contributed by atoms with E-state index in [9.17, 15) is 24.0 Å². The number of benzene rings is 1. The zero-order valence-electron chi connectivity index (χ0n) is 16.4. The van der Waals surface area contributed by atoms with Crippen LogP contribution < -0.4 is 10.6 Å². The number of hydrogen-bond acceptors (Lipinski definition) is 9. The topological polar surface area (TPSA) is 248 Å². The molecule has 178 valence electrons. The van der Waals surface area contributed by atoms with Crippen molar-refractivity contribution >= 4 is 32.8 Å². The smallest absolute Gasteiger partial charge is 0.359 e. The molecule has 7 N–H and O–H groups in total. The third-order valence-corrected chi connectivity index (χ3v) is 7.34. The summed E-state index contributed by atoms with van der Waals surface area (Å²) < 4.78 is 27.9. The van der Waals surface area contributed by atoms with Crippen molar-refractivity contribution in [3.8, 4) is 0 Å². The highest BCUT2D eigenvalue weighted by atomic mass is 31.3. The van der Waals surface area contributed by atoms with E-state index in [1.807, 2.05) is 0 Å². The molecule has 1 aromatic carbocycles. The Labute approximate surface area is 181 Å². The Hall–Kier alpha value is -2.13. The molecule has 1 aliphatic heterocycles. The van der Waals surface area contributed by atoms with Crippen molar-refractivity contribution in [2.24, 2.45) is 5.11 Å². The van der Waals surface area contributed by atoms with E-state index in [1.54, 1.807) is 0 Å². The molecule has 1 aromatic rings. The van der Waals surface area contributed by atoms with Crippen molar-refractivity contribution in [2.45, 2.75) is 25.2 Å². The van der Waals surface area contributed by atoms with Gasteiger partial charge in [0.15, 0.2) is 0 Å². The van der Waals surface area contributed by atoms with Crippen LogP contribution in [0.2, 0.25) is 0 Å². The first kappa shape index (κ1) is 26.1. The lowest BCUT2D eigenvalue weighted by molar-refractivity contribution is -0.385. The number of ether oxygens (including phenoxy) is 1. The zero-order chi connectivity index (χ0) is 24.1. The Morgan fingerprint density at radius 3 is 2.47 bits per heavy atom. The molecule has 16 nitrogen and oxygen atoms in total. The van der Waals surface area contributed by atoms with Crippen LogP contribution in [0.1, 0.15) is 23.2 Å². The molecule has 32 heavy (non-hydrogen) atoms. The van der Waals surface area contributed by atoms with Crippen LogP contribution in [0, 0.1) is 15.6 Å². The van der Waals surface area contributed by atoms with Gasteiger partial charge in [-0.05, 0) is 25.0 Å². The summed E-state index contributed by atoms with van der Waals surface area (Å²) in [5.41, 5.74) is 6.34. The summed E-state index contributed by atoms with van der Waals surface area (Å²) in [6.07, 6.45) is -0.780. The highest BCUT2D eigenvalue weighted by Gasteiger charge is 2.42. The first-order valence-electron chi connectivity index (χ1n) is 9.05. The fourth-order valence-electron chi connectivity index (χ4n) is 2.98. The molecule has 1 heterocycles. The van der Waals surface area contributed by atoms with E-state index in [0.29, 0.717) is 6.42 Å². The van der Waals surface area contributed by atoms with Gasteiger partial charge < -0.3 is 29.6 Å². The Morgan fingerprint density at radius 1 is 1.25 bits per heavy atom. The second kappa shape index (κ2) is 10.7. The lowest BCUT2D eigenvalue weighted by Gasteiger charge is -2.26. The van der Waals surface area contributed by atoms with E-state index in [2.05, 4.69) is 15.7 Å². The minimum Gasteiger partial charge on any atom is -0.359 e. The summed E-state index contributed by atoms with van der Waals surface area (Å²) in [7, 11) is -10.4. The SMILES string of the molecule is N=Nc1ccc([N+](=O)[O-])c(C(=O)NCCNC2CCC(CN(P(=O)(O)O)P(=O)(O)O)O2)c1. The normalized spacial score (nSPS) is 19.2. The van der Waals surface area contributed by atoms with E-state index in [4.69, 9.17) is 29.8 Å². The summed E-state index contributed by atoms with van der Waals surface area (Å²) in [6.45, 7) is -0.468. The molecule has 0 bridgehead atoms. The lowest BCUT2D eigenvalue weighted by atomic mass is 10.1. The number of nitro benzene ring substituents is 1. The molecule has 2 rings (SSSR count). The van der Waals surface area contributed by atoms with Crippen LogP contribution in [0.25, 0.3) is 0 Å². The Morgan fingerprint density at radius 2 is 1.91 bits per heavy atom. The molecule has 1 amide bonds. The van der Waals surface area contributed by atoms with Gasteiger partial charge in [0, 0.05) is 25.7 Å². The highest BCUT2D eigenvalue weighted by molar-refractivity contribution is 7.65. The molecule has 0 aliphatic carbocycles. The molecule has 2 atom stereocenters. The maximum absolute atomic E-state index is 12.3. The monoisotopic (exact) mass is 496 g/mol. The number of nitro groups is 1. The standard InChI is InChI=1S/C14H22N6O10P2/c15-18-9-1-3-12(20(22)23)11(7-9)14(21)17-6-5-16-13-4-2-10(30-13)8-19(31(24,25)26)32(27,28)29/h1,3,7,10,13,15-16H,2,4-6,8H2,(H,17,21)(H2,24,25,26)(H2,27,28,29). The minimum atomic E-state index is -5.20. The Kier molecular flexibility index (Phi) is 8.70. The second-order valence-electron chi connectivity index (χ2n) is 6.69. The molecule has 1 aliphatic rings. The van der Waals surface area contributed by atoms with Gasteiger partial charge in [-0.1, -0.05) is 0 Å². The number of rotatable bonds is 11. The lowest BCUT2D eigenvalue weighted by Crippen LogP contribution is -2.38. The molecular formula is C14H22N6O10P2. The predicted octanol–water partition coefficient (Wildman–Crippen LogP) is 0.569. The van der Waals surface area contributed by atoms with Crippen molar-refractivity contribution in [3.63, 3.8) is 0 Å². The van der Waals surface area contributed by atoms with Crippen molar-refractivity contribution in [1.82, 2.24) is 15.1 Å². The number of carbonyl (C=O) groups excluding carboxylic acids is 1. The number of amides is 1. The molecule has 18 heteroatoms. The molecular weight excluding hydrogens is 474 g/mol. The first-order chi connectivity index (χ1) is 14.8. The summed E-state index contributed by atoms with van der Waals surface area (Å²) >= 11 is 0. The average Bonchev–Trinajstić information content (AvgIpc) is 3.14. The van der Waals surface area contributed by atoms with Crippen molar-refractivity contribution < 1.29 is 43.2 Å². The van der Waals surface area contributed by atoms with Crippen LogP contribution in [0.5, 0.6) is 0 Å². The van der Waals surface area contributed by atoms with E-state index in [0.717, 1.165) is 12.1 Å². The maximum atomic E-state index is 12.3. The molecule has 0 aromatic heterocycles. The van der Waals surface area contributed by atoms with E-state index in [-0.39, 0.29) is 35.2 Å². The predicted molar refractivity (Wildman–Crippen MR) is 107 cm³/mol. The molecule has 1 fully saturated rings. The highest BCUT2D eigenvalue weighted by Crippen LogP contribution is 2.58. The van der Waals surface area contributed by atoms with Gasteiger partial charge in [-0.2, -0.15) is 5.11 Å². The minimum absolute atomic E-state index is 0.0415.